The Morgan fingerprint density at radius 1 is 1.12 bits per heavy atom. The number of hydrogen-bond acceptors (Lipinski definition) is 4. The minimum Gasteiger partial charge on any atom is -0.360 e. The molecule has 1 aliphatic carbocycles. The zero-order chi connectivity index (χ0) is 18.1. The molecule has 0 spiro atoms. The van der Waals surface area contributed by atoms with Crippen molar-refractivity contribution in [3.8, 4) is 0 Å². The van der Waals surface area contributed by atoms with Crippen LogP contribution in [0.1, 0.15) is 51.6 Å². The summed E-state index contributed by atoms with van der Waals surface area (Å²) < 4.78 is 17.6. The third kappa shape index (κ3) is 3.27. The maximum Gasteiger partial charge on any atom is 0.198 e. The molecule has 0 aliphatic heterocycles. The highest BCUT2D eigenvalue weighted by molar-refractivity contribution is 7.84. The third-order valence-corrected chi connectivity index (χ3v) is 5.70. The van der Waals surface area contributed by atoms with Crippen molar-refractivity contribution in [2.75, 3.05) is 6.26 Å². The predicted octanol–water partition coefficient (Wildman–Crippen LogP) is 4.11. The van der Waals surface area contributed by atoms with Gasteiger partial charge in [0.15, 0.2) is 11.5 Å². The molecule has 0 bridgehead atoms. The van der Waals surface area contributed by atoms with Crippen molar-refractivity contribution in [3.63, 3.8) is 0 Å². The van der Waals surface area contributed by atoms with E-state index in [2.05, 4.69) is 5.16 Å². The van der Waals surface area contributed by atoms with Crippen molar-refractivity contribution >= 4 is 16.6 Å². The quantitative estimate of drug-likeness (QED) is 0.617. The van der Waals surface area contributed by atoms with E-state index in [4.69, 9.17) is 4.52 Å². The minimum absolute atomic E-state index is 0.105. The number of benzene rings is 2. The van der Waals surface area contributed by atoms with Gasteiger partial charge in [0, 0.05) is 22.6 Å². The molecule has 0 N–H and O–H groups in total. The maximum absolute atomic E-state index is 13.2. The number of carbonyl (C=O) groups is 1. The van der Waals surface area contributed by atoms with E-state index in [1.165, 1.54) is 6.20 Å². The molecular formula is C21H19NO3S. The Morgan fingerprint density at radius 3 is 2.58 bits per heavy atom. The fourth-order valence-electron chi connectivity index (χ4n) is 3.23. The second kappa shape index (κ2) is 7.00. The molecule has 1 atom stereocenters. The van der Waals surface area contributed by atoms with Gasteiger partial charge < -0.3 is 4.52 Å². The van der Waals surface area contributed by atoms with Crippen LogP contribution in [0, 0.1) is 0 Å². The van der Waals surface area contributed by atoms with Crippen molar-refractivity contribution in [3.05, 3.63) is 82.7 Å². The zero-order valence-corrected chi connectivity index (χ0v) is 15.3. The molecule has 132 valence electrons. The van der Waals surface area contributed by atoms with Crippen LogP contribution < -0.4 is 0 Å². The number of hydrogen-bond donors (Lipinski definition) is 0. The van der Waals surface area contributed by atoms with E-state index in [0.29, 0.717) is 34.1 Å². The van der Waals surface area contributed by atoms with Crippen LogP contribution in [0.25, 0.3) is 0 Å². The average Bonchev–Trinajstić information content (AvgIpc) is 3.38. The zero-order valence-electron chi connectivity index (χ0n) is 14.5. The summed E-state index contributed by atoms with van der Waals surface area (Å²) in [6.07, 6.45) is 5.78. The van der Waals surface area contributed by atoms with Gasteiger partial charge >= 0.3 is 0 Å². The molecule has 0 saturated heterocycles. The lowest BCUT2D eigenvalue weighted by Crippen LogP contribution is -2.10. The lowest BCUT2D eigenvalue weighted by Gasteiger charge is -2.13. The lowest BCUT2D eigenvalue weighted by atomic mass is 9.94. The molecule has 1 saturated carbocycles. The van der Waals surface area contributed by atoms with Gasteiger partial charge in [-0.25, -0.2) is 0 Å². The van der Waals surface area contributed by atoms with Crippen LogP contribution in [-0.2, 0) is 17.2 Å². The molecule has 0 amide bonds. The fraction of sp³-hybridized carbons (Fsp3) is 0.238. The van der Waals surface area contributed by atoms with Gasteiger partial charge in [-0.1, -0.05) is 47.6 Å². The van der Waals surface area contributed by atoms with E-state index in [1.54, 1.807) is 18.4 Å². The van der Waals surface area contributed by atoms with Gasteiger partial charge in [0.1, 0.15) is 0 Å². The molecule has 1 aromatic heterocycles. The molecular weight excluding hydrogens is 346 g/mol. The monoisotopic (exact) mass is 365 g/mol. The van der Waals surface area contributed by atoms with E-state index in [9.17, 15) is 9.00 Å². The molecule has 4 rings (SSSR count). The number of nitrogens with zero attached hydrogens (tertiary/aromatic N) is 1. The SMILES string of the molecule is CS(=O)c1cccc(C(=O)c2cnoc2C2CC2)c1Cc1ccccc1. The highest BCUT2D eigenvalue weighted by atomic mass is 32.2. The summed E-state index contributed by atoms with van der Waals surface area (Å²) in [7, 11) is -1.18. The molecule has 0 radical (unpaired) electrons. The Bertz CT molecular complexity index is 974. The van der Waals surface area contributed by atoms with Crippen LogP contribution >= 0.6 is 0 Å². The smallest absolute Gasteiger partial charge is 0.198 e. The van der Waals surface area contributed by atoms with E-state index in [0.717, 1.165) is 24.0 Å². The van der Waals surface area contributed by atoms with Crippen LogP contribution in [0.2, 0.25) is 0 Å². The normalized spacial score (nSPS) is 15.0. The van der Waals surface area contributed by atoms with Gasteiger partial charge in [-0.05, 0) is 36.5 Å². The van der Waals surface area contributed by atoms with E-state index < -0.39 is 10.8 Å². The van der Waals surface area contributed by atoms with Gasteiger partial charge in [0.25, 0.3) is 0 Å². The molecule has 1 unspecified atom stereocenters. The van der Waals surface area contributed by atoms with E-state index in [1.807, 2.05) is 36.4 Å². The molecule has 1 aliphatic rings. The first kappa shape index (κ1) is 16.9. The third-order valence-electron chi connectivity index (χ3n) is 4.70. The Hall–Kier alpha value is -2.53. The fourth-order valence-corrected chi connectivity index (χ4v) is 4.03. The lowest BCUT2D eigenvalue weighted by molar-refractivity contribution is 0.103. The van der Waals surface area contributed by atoms with Crippen LogP contribution in [0.3, 0.4) is 0 Å². The Kier molecular flexibility index (Phi) is 4.55. The summed E-state index contributed by atoms with van der Waals surface area (Å²) in [5.74, 6) is 0.882. The van der Waals surface area contributed by atoms with Gasteiger partial charge in [-0.3, -0.25) is 9.00 Å². The number of rotatable bonds is 6. The minimum atomic E-state index is -1.18. The van der Waals surface area contributed by atoms with Crippen molar-refractivity contribution in [2.24, 2.45) is 0 Å². The molecule has 2 aromatic carbocycles. The Balaban J connectivity index is 1.80. The second-order valence-electron chi connectivity index (χ2n) is 6.61. The summed E-state index contributed by atoms with van der Waals surface area (Å²) in [5, 5.41) is 3.85. The second-order valence-corrected chi connectivity index (χ2v) is 7.95. The Morgan fingerprint density at radius 2 is 1.88 bits per heavy atom. The van der Waals surface area contributed by atoms with Gasteiger partial charge in [0.05, 0.1) is 22.6 Å². The topological polar surface area (TPSA) is 60.2 Å². The average molecular weight is 365 g/mol. The van der Waals surface area contributed by atoms with Crippen molar-refractivity contribution in [2.45, 2.75) is 30.1 Å². The Labute approximate surface area is 154 Å². The highest BCUT2D eigenvalue weighted by Crippen LogP contribution is 2.42. The van der Waals surface area contributed by atoms with E-state index in [-0.39, 0.29) is 5.78 Å². The summed E-state index contributed by atoms with van der Waals surface area (Å²) >= 11 is 0. The van der Waals surface area contributed by atoms with E-state index >= 15 is 0 Å². The van der Waals surface area contributed by atoms with Crippen LogP contribution in [0.5, 0.6) is 0 Å². The summed E-state index contributed by atoms with van der Waals surface area (Å²) in [5.41, 5.74) is 2.99. The number of carbonyl (C=O) groups excluding carboxylic acids is 1. The highest BCUT2D eigenvalue weighted by Gasteiger charge is 2.33. The van der Waals surface area contributed by atoms with Gasteiger partial charge in [-0.15, -0.1) is 0 Å². The van der Waals surface area contributed by atoms with Gasteiger partial charge in [-0.2, -0.15) is 0 Å². The van der Waals surface area contributed by atoms with Crippen molar-refractivity contribution < 1.29 is 13.5 Å². The first-order valence-corrected chi connectivity index (χ1v) is 10.2. The van der Waals surface area contributed by atoms with Crippen LogP contribution in [0.15, 0.2) is 64.1 Å². The summed E-state index contributed by atoms with van der Waals surface area (Å²) in [4.78, 5) is 13.9. The molecule has 1 fully saturated rings. The molecule has 26 heavy (non-hydrogen) atoms. The van der Waals surface area contributed by atoms with Gasteiger partial charge in [0.2, 0.25) is 0 Å². The molecule has 4 nitrogen and oxygen atoms in total. The molecule has 5 heteroatoms. The number of aromatic nitrogens is 1. The van der Waals surface area contributed by atoms with Crippen LogP contribution in [-0.4, -0.2) is 21.4 Å². The van der Waals surface area contributed by atoms with Crippen molar-refractivity contribution in [1.82, 2.24) is 5.16 Å². The number of ketones is 1. The largest absolute Gasteiger partial charge is 0.360 e. The first-order chi connectivity index (χ1) is 12.6. The first-order valence-electron chi connectivity index (χ1n) is 8.63. The maximum atomic E-state index is 13.2. The molecule has 3 aromatic rings. The summed E-state index contributed by atoms with van der Waals surface area (Å²) in [6, 6.07) is 15.3. The standard InChI is InChI=1S/C21H19NO3S/c1-26(24)19-9-5-8-16(17(19)12-14-6-3-2-4-7-14)20(23)18-13-22-25-21(18)15-10-11-15/h2-9,13,15H,10-12H2,1H3. The summed E-state index contributed by atoms with van der Waals surface area (Å²) in [6.45, 7) is 0. The van der Waals surface area contributed by atoms with Crippen molar-refractivity contribution in [1.29, 1.82) is 0 Å². The molecule has 1 heterocycles. The van der Waals surface area contributed by atoms with Crippen LogP contribution in [0.4, 0.5) is 0 Å². The predicted molar refractivity (Wildman–Crippen MR) is 99.9 cm³/mol.